The summed E-state index contributed by atoms with van der Waals surface area (Å²) in [5, 5.41) is 27.0. The number of hydrogen-bond acceptors (Lipinski definition) is 7. The zero-order valence-corrected chi connectivity index (χ0v) is 22.3. The maximum absolute atomic E-state index is 13.3. The molecule has 0 spiro atoms. The second-order valence-corrected chi connectivity index (χ2v) is 10.7. The minimum absolute atomic E-state index is 0.0876. The summed E-state index contributed by atoms with van der Waals surface area (Å²) < 4.78 is 7.32. The van der Waals surface area contributed by atoms with E-state index in [1.807, 2.05) is 20.8 Å². The first-order valence-corrected chi connectivity index (χ1v) is 13.1. The van der Waals surface area contributed by atoms with Crippen molar-refractivity contribution in [1.29, 1.82) is 0 Å². The van der Waals surface area contributed by atoms with Crippen molar-refractivity contribution < 1.29 is 19.1 Å². The van der Waals surface area contributed by atoms with Gasteiger partial charge in [0.15, 0.2) is 5.69 Å². The van der Waals surface area contributed by atoms with E-state index < -0.39 is 5.97 Å². The average molecular weight is 547 g/mol. The molecule has 0 saturated heterocycles. The third kappa shape index (κ3) is 5.10. The van der Waals surface area contributed by atoms with Crippen molar-refractivity contribution in [3.63, 3.8) is 0 Å². The highest BCUT2D eigenvalue weighted by atomic mass is 35.5. The van der Waals surface area contributed by atoms with Crippen molar-refractivity contribution in [3.8, 4) is 0 Å². The lowest BCUT2D eigenvalue weighted by molar-refractivity contribution is 0.0633. The maximum atomic E-state index is 13.3. The molecule has 0 radical (unpaired) electrons. The first kappa shape index (κ1) is 25.7. The summed E-state index contributed by atoms with van der Waals surface area (Å²) in [6.07, 6.45) is 2.60. The van der Waals surface area contributed by atoms with Crippen LogP contribution in [-0.4, -0.2) is 54.4 Å². The van der Waals surface area contributed by atoms with E-state index in [2.05, 4.69) is 20.6 Å². The van der Waals surface area contributed by atoms with Gasteiger partial charge in [-0.3, -0.25) is 9.48 Å². The van der Waals surface area contributed by atoms with Crippen molar-refractivity contribution in [2.45, 2.75) is 70.6 Å². The smallest absolute Gasteiger partial charge is 0.354 e. The molecule has 2 aliphatic rings. The van der Waals surface area contributed by atoms with Crippen molar-refractivity contribution >= 4 is 35.1 Å². The summed E-state index contributed by atoms with van der Waals surface area (Å²) in [5.41, 5.74) is 1.72. The Hall–Kier alpha value is -2.95. The molecule has 5 rings (SSSR count). The quantitative estimate of drug-likeness (QED) is 0.418. The van der Waals surface area contributed by atoms with Crippen LogP contribution in [0.4, 0.5) is 0 Å². The molecule has 12 heteroatoms. The van der Waals surface area contributed by atoms with Crippen molar-refractivity contribution in [2.75, 3.05) is 6.54 Å². The zero-order valence-electron chi connectivity index (χ0n) is 20.7. The lowest BCUT2D eigenvalue weighted by atomic mass is 9.98. The van der Waals surface area contributed by atoms with Crippen LogP contribution < -0.4 is 5.32 Å². The predicted molar refractivity (Wildman–Crippen MR) is 136 cm³/mol. The molecule has 1 saturated carbocycles. The van der Waals surface area contributed by atoms with Crippen LogP contribution in [0.5, 0.6) is 0 Å². The fourth-order valence-corrected chi connectivity index (χ4v) is 4.91. The number of aromatic carboxylic acids is 1. The fraction of sp³-hybridized carbons (Fsp3) is 0.480. The number of aromatic nitrogens is 4. The second kappa shape index (κ2) is 10.1. The molecule has 0 bridgehead atoms. The number of carbonyl (C=O) groups is 2. The van der Waals surface area contributed by atoms with Gasteiger partial charge in [0.1, 0.15) is 0 Å². The van der Waals surface area contributed by atoms with E-state index in [1.54, 1.807) is 17.0 Å². The number of carbonyl (C=O) groups excluding carboxylic acids is 1. The van der Waals surface area contributed by atoms with Gasteiger partial charge in [-0.1, -0.05) is 23.2 Å². The summed E-state index contributed by atoms with van der Waals surface area (Å²) in [4.78, 5) is 27.3. The number of nitrogens with zero attached hydrogens (tertiary/aromatic N) is 5. The number of benzene rings is 1. The van der Waals surface area contributed by atoms with Crippen LogP contribution in [0.25, 0.3) is 0 Å². The number of hydrogen-bond donors (Lipinski definition) is 2. The standard InChI is InChI=1S/C25H28Cl2N6O4/c1-12-8-20-17(11-32(12)24(34)16-6-7-18(26)19(27)9-16)21(25(35)36)33(31-20)13(2)10-28-14(3)22-29-30-23(37-22)15-4-5-15/h6-7,9,12-15,28H,4-5,8,10-11H2,1-3H3,(H,35,36)/t12-,13-,14?/m1/s1. The van der Waals surface area contributed by atoms with Crippen LogP contribution in [0.15, 0.2) is 22.6 Å². The number of amides is 1. The maximum Gasteiger partial charge on any atom is 0.354 e. The molecule has 1 aromatic carbocycles. The van der Waals surface area contributed by atoms with Crippen LogP contribution in [0.3, 0.4) is 0 Å². The lowest BCUT2D eigenvalue weighted by Crippen LogP contribution is -2.42. The molecule has 3 heterocycles. The van der Waals surface area contributed by atoms with Gasteiger partial charge < -0.3 is 19.7 Å². The van der Waals surface area contributed by atoms with Gasteiger partial charge in [0.25, 0.3) is 5.91 Å². The number of rotatable bonds is 8. The molecular formula is C25H28Cl2N6O4. The summed E-state index contributed by atoms with van der Waals surface area (Å²) in [7, 11) is 0. The molecule has 37 heavy (non-hydrogen) atoms. The van der Waals surface area contributed by atoms with Gasteiger partial charge in [-0.05, 0) is 51.8 Å². The van der Waals surface area contributed by atoms with E-state index in [1.165, 1.54) is 10.7 Å². The molecule has 1 fully saturated rings. The van der Waals surface area contributed by atoms with E-state index >= 15 is 0 Å². The van der Waals surface area contributed by atoms with Crippen LogP contribution in [0.2, 0.25) is 10.0 Å². The highest BCUT2D eigenvalue weighted by Crippen LogP contribution is 2.39. The summed E-state index contributed by atoms with van der Waals surface area (Å²) in [6, 6.07) is 4.08. The van der Waals surface area contributed by atoms with E-state index in [-0.39, 0.29) is 41.3 Å². The monoisotopic (exact) mass is 546 g/mol. The highest BCUT2D eigenvalue weighted by molar-refractivity contribution is 6.42. The lowest BCUT2D eigenvalue weighted by Gasteiger charge is -2.33. The third-order valence-corrected chi connectivity index (χ3v) is 7.70. The molecule has 3 atom stereocenters. The third-order valence-electron chi connectivity index (χ3n) is 6.96. The van der Waals surface area contributed by atoms with Gasteiger partial charge in [-0.15, -0.1) is 10.2 Å². The zero-order chi connectivity index (χ0) is 26.4. The summed E-state index contributed by atoms with van der Waals surface area (Å²) >= 11 is 12.1. The molecule has 1 amide bonds. The van der Waals surface area contributed by atoms with Gasteiger partial charge in [-0.2, -0.15) is 5.10 Å². The molecule has 10 nitrogen and oxygen atoms in total. The average Bonchev–Trinajstić information content (AvgIpc) is 3.47. The van der Waals surface area contributed by atoms with Gasteiger partial charge in [0.05, 0.1) is 34.4 Å². The van der Waals surface area contributed by atoms with Crippen molar-refractivity contribution in [3.05, 3.63) is 62.5 Å². The molecule has 3 aromatic rings. The Morgan fingerprint density at radius 2 is 1.97 bits per heavy atom. The van der Waals surface area contributed by atoms with Crippen molar-refractivity contribution in [2.24, 2.45) is 0 Å². The minimum Gasteiger partial charge on any atom is -0.477 e. The largest absolute Gasteiger partial charge is 0.477 e. The van der Waals surface area contributed by atoms with Crippen LogP contribution in [0, 0.1) is 0 Å². The van der Waals surface area contributed by atoms with Gasteiger partial charge in [-0.25, -0.2) is 4.79 Å². The van der Waals surface area contributed by atoms with Crippen LogP contribution in [0.1, 0.15) is 95.5 Å². The van der Waals surface area contributed by atoms with Crippen LogP contribution >= 0.6 is 23.2 Å². The molecule has 1 aliphatic heterocycles. The minimum atomic E-state index is -1.09. The van der Waals surface area contributed by atoms with E-state index in [0.717, 1.165) is 12.8 Å². The number of halogens is 2. The van der Waals surface area contributed by atoms with E-state index in [0.29, 0.717) is 52.5 Å². The Kier molecular flexibility index (Phi) is 6.99. The SMILES string of the molecule is CC(NC[C@@H](C)n1nc2c(c1C(=O)O)CN(C(=O)c1ccc(Cl)c(Cl)c1)[C@H](C)C2)c1nnc(C2CC2)o1. The second-order valence-electron chi connectivity index (χ2n) is 9.87. The highest BCUT2D eigenvalue weighted by Gasteiger charge is 2.35. The summed E-state index contributed by atoms with van der Waals surface area (Å²) in [6.45, 7) is 6.32. The molecule has 2 aromatic heterocycles. The number of carboxylic acids is 1. The van der Waals surface area contributed by atoms with Gasteiger partial charge >= 0.3 is 5.97 Å². The van der Waals surface area contributed by atoms with E-state index in [9.17, 15) is 14.7 Å². The number of nitrogens with one attached hydrogen (secondary N) is 1. The Labute approximate surface area is 223 Å². The molecular weight excluding hydrogens is 519 g/mol. The first-order chi connectivity index (χ1) is 17.6. The van der Waals surface area contributed by atoms with Gasteiger partial charge in [0.2, 0.25) is 11.8 Å². The first-order valence-electron chi connectivity index (χ1n) is 12.3. The molecule has 1 unspecified atom stereocenters. The Morgan fingerprint density at radius 3 is 2.65 bits per heavy atom. The Morgan fingerprint density at radius 1 is 1.22 bits per heavy atom. The van der Waals surface area contributed by atoms with Gasteiger partial charge in [0, 0.05) is 36.1 Å². The summed E-state index contributed by atoms with van der Waals surface area (Å²) in [5.74, 6) is 0.244. The molecule has 2 N–H and O–H groups in total. The molecule has 196 valence electrons. The Balaban J connectivity index is 1.33. The number of carboxylic acid groups (broad SMARTS) is 1. The van der Waals surface area contributed by atoms with Crippen molar-refractivity contribution in [1.82, 2.24) is 30.2 Å². The Bertz CT molecular complexity index is 1350. The topological polar surface area (TPSA) is 126 Å². The van der Waals surface area contributed by atoms with Crippen LogP contribution in [-0.2, 0) is 13.0 Å². The number of fused-ring (bicyclic) bond motifs is 1. The van der Waals surface area contributed by atoms with E-state index in [4.69, 9.17) is 27.6 Å². The fourth-order valence-electron chi connectivity index (χ4n) is 4.61. The molecule has 1 aliphatic carbocycles. The predicted octanol–water partition coefficient (Wildman–Crippen LogP) is 4.65. The normalized spacial score (nSPS) is 18.9.